The lowest BCUT2D eigenvalue weighted by Crippen LogP contribution is -2.33. The summed E-state index contributed by atoms with van der Waals surface area (Å²) in [6.07, 6.45) is 2.00. The van der Waals surface area contributed by atoms with Crippen molar-refractivity contribution < 1.29 is 9.15 Å². The van der Waals surface area contributed by atoms with E-state index in [-0.39, 0.29) is 11.6 Å². The summed E-state index contributed by atoms with van der Waals surface area (Å²) < 4.78 is 11.9. The van der Waals surface area contributed by atoms with Gasteiger partial charge in [0.1, 0.15) is 29.1 Å². The van der Waals surface area contributed by atoms with Gasteiger partial charge in [0.05, 0.1) is 24.8 Å². The highest BCUT2D eigenvalue weighted by atomic mass is 16.5. The molecule has 0 unspecified atom stereocenters. The van der Waals surface area contributed by atoms with Crippen molar-refractivity contribution in [1.29, 1.82) is 5.26 Å². The van der Waals surface area contributed by atoms with Crippen molar-refractivity contribution in [3.8, 4) is 6.07 Å². The number of aromatic nitrogens is 1. The smallest absolute Gasteiger partial charge is 0.142 e. The van der Waals surface area contributed by atoms with Gasteiger partial charge in [0.15, 0.2) is 0 Å². The summed E-state index contributed by atoms with van der Waals surface area (Å²) in [6, 6.07) is 11.8. The number of nitrogens with one attached hydrogen (secondary N) is 1. The molecule has 0 aliphatic carbocycles. The summed E-state index contributed by atoms with van der Waals surface area (Å²) in [4.78, 5) is 6.69. The van der Waals surface area contributed by atoms with Crippen LogP contribution in [0, 0.1) is 18.3 Å². The number of ether oxygens (including phenoxy) is 1. The molecule has 2 aliphatic rings. The molecule has 1 spiro atoms. The van der Waals surface area contributed by atoms with Gasteiger partial charge in [-0.2, -0.15) is 5.26 Å². The van der Waals surface area contributed by atoms with Crippen LogP contribution >= 0.6 is 0 Å². The molecule has 2 atom stereocenters. The van der Waals surface area contributed by atoms with E-state index in [4.69, 9.17) is 14.4 Å². The van der Waals surface area contributed by atoms with E-state index >= 15 is 0 Å². The van der Waals surface area contributed by atoms with Gasteiger partial charge >= 0.3 is 0 Å². The van der Waals surface area contributed by atoms with E-state index in [2.05, 4.69) is 21.3 Å². The van der Waals surface area contributed by atoms with Crippen LogP contribution in [0.1, 0.15) is 30.1 Å². The summed E-state index contributed by atoms with van der Waals surface area (Å²) in [5.41, 5.74) is 0.353. The average Bonchev–Trinajstić information content (AvgIpc) is 3.31. The molecule has 0 radical (unpaired) electrons. The fourth-order valence-electron chi connectivity index (χ4n) is 3.86. The van der Waals surface area contributed by atoms with Crippen molar-refractivity contribution in [3.63, 3.8) is 0 Å². The maximum Gasteiger partial charge on any atom is 0.142 e. The summed E-state index contributed by atoms with van der Waals surface area (Å²) in [7, 11) is 0. The zero-order valence-corrected chi connectivity index (χ0v) is 14.4. The van der Waals surface area contributed by atoms with Gasteiger partial charge in [-0.15, -0.1) is 0 Å². The lowest BCUT2D eigenvalue weighted by Gasteiger charge is -2.23. The van der Waals surface area contributed by atoms with Crippen molar-refractivity contribution in [1.82, 2.24) is 9.88 Å². The van der Waals surface area contributed by atoms with E-state index in [0.29, 0.717) is 12.3 Å². The third-order valence-electron chi connectivity index (χ3n) is 5.00. The Morgan fingerprint density at radius 3 is 3.12 bits per heavy atom. The van der Waals surface area contributed by atoms with Crippen LogP contribution in [0.4, 0.5) is 5.82 Å². The monoisotopic (exact) mass is 338 g/mol. The standard InChI is InChI=1S/C19H22N4O2/c1-14-5-6-17(25-14)11-23-8-7-19(13-23)9-16(12-24-19)22-18-4-2-3-15(10-20)21-18/h2-6,16H,7-9,11-13H2,1H3,(H,21,22)/t16-,19+/m0/s1. The second-order valence-electron chi connectivity index (χ2n) is 7.03. The Balaban J connectivity index is 1.35. The summed E-state index contributed by atoms with van der Waals surface area (Å²) in [5, 5.41) is 12.4. The molecule has 2 fully saturated rings. The average molecular weight is 338 g/mol. The maximum atomic E-state index is 8.96. The van der Waals surface area contributed by atoms with E-state index in [1.807, 2.05) is 31.2 Å². The van der Waals surface area contributed by atoms with E-state index < -0.39 is 0 Å². The van der Waals surface area contributed by atoms with E-state index in [1.165, 1.54) is 0 Å². The third-order valence-corrected chi connectivity index (χ3v) is 5.00. The number of anilines is 1. The fraction of sp³-hybridized carbons (Fsp3) is 0.474. The molecule has 6 heteroatoms. The highest BCUT2D eigenvalue weighted by molar-refractivity contribution is 5.39. The molecule has 0 aromatic carbocycles. The SMILES string of the molecule is Cc1ccc(CN2CC[C@@]3(C[C@H](Nc4cccc(C#N)n4)CO3)C2)o1. The Morgan fingerprint density at radius 2 is 2.32 bits per heavy atom. The van der Waals surface area contributed by atoms with Crippen LogP contribution < -0.4 is 5.32 Å². The first-order valence-electron chi connectivity index (χ1n) is 8.69. The number of rotatable bonds is 4. The molecule has 4 heterocycles. The first-order valence-corrected chi connectivity index (χ1v) is 8.69. The third kappa shape index (κ3) is 3.53. The first-order chi connectivity index (χ1) is 12.1. The largest absolute Gasteiger partial charge is 0.465 e. The van der Waals surface area contributed by atoms with Crippen LogP contribution in [0.2, 0.25) is 0 Å². The van der Waals surface area contributed by atoms with Gasteiger partial charge < -0.3 is 14.5 Å². The van der Waals surface area contributed by atoms with Crippen LogP contribution in [-0.4, -0.2) is 41.2 Å². The Labute approximate surface area is 147 Å². The molecule has 2 saturated heterocycles. The minimum Gasteiger partial charge on any atom is -0.465 e. The molecular formula is C19H22N4O2. The lowest BCUT2D eigenvalue weighted by atomic mass is 9.97. The molecule has 25 heavy (non-hydrogen) atoms. The van der Waals surface area contributed by atoms with Crippen LogP contribution in [0.25, 0.3) is 0 Å². The van der Waals surface area contributed by atoms with E-state index in [1.54, 1.807) is 6.07 Å². The predicted octanol–water partition coefficient (Wildman–Crippen LogP) is 2.70. The van der Waals surface area contributed by atoms with Gasteiger partial charge in [0, 0.05) is 19.5 Å². The van der Waals surface area contributed by atoms with E-state index in [0.717, 1.165) is 49.8 Å². The summed E-state index contributed by atoms with van der Waals surface area (Å²) in [6.45, 7) is 5.43. The Hall–Kier alpha value is -2.36. The first kappa shape index (κ1) is 16.1. The van der Waals surface area contributed by atoms with Crippen molar-refractivity contribution >= 4 is 5.82 Å². The maximum absolute atomic E-state index is 8.96. The van der Waals surface area contributed by atoms with Crippen molar-refractivity contribution in [3.05, 3.63) is 47.5 Å². The number of furan rings is 1. The number of aryl methyl sites for hydroxylation is 1. The normalized spacial score (nSPS) is 26.2. The summed E-state index contributed by atoms with van der Waals surface area (Å²) in [5.74, 6) is 2.71. The second-order valence-corrected chi connectivity index (χ2v) is 7.03. The quantitative estimate of drug-likeness (QED) is 0.924. The number of hydrogen-bond donors (Lipinski definition) is 1. The molecule has 0 saturated carbocycles. The highest BCUT2D eigenvalue weighted by Gasteiger charge is 2.45. The Bertz CT molecular complexity index is 797. The second kappa shape index (κ2) is 6.51. The van der Waals surface area contributed by atoms with Gasteiger partial charge in [-0.3, -0.25) is 4.90 Å². The van der Waals surface area contributed by atoms with Crippen LogP contribution in [-0.2, 0) is 11.3 Å². The van der Waals surface area contributed by atoms with Gasteiger partial charge in [0.25, 0.3) is 0 Å². The van der Waals surface area contributed by atoms with Gasteiger partial charge in [0.2, 0.25) is 0 Å². The molecule has 6 nitrogen and oxygen atoms in total. The number of likely N-dealkylation sites (tertiary alicyclic amines) is 1. The molecular weight excluding hydrogens is 316 g/mol. The fourth-order valence-corrected chi connectivity index (χ4v) is 3.86. The number of pyridine rings is 1. The molecule has 130 valence electrons. The highest BCUT2D eigenvalue weighted by Crippen LogP contribution is 2.36. The molecule has 2 aromatic rings. The zero-order valence-electron chi connectivity index (χ0n) is 14.4. The van der Waals surface area contributed by atoms with Crippen LogP contribution in [0.3, 0.4) is 0 Å². The van der Waals surface area contributed by atoms with Gasteiger partial charge in [-0.1, -0.05) is 6.07 Å². The number of nitriles is 1. The molecule has 2 aromatic heterocycles. The minimum absolute atomic E-state index is 0.0772. The van der Waals surface area contributed by atoms with Crippen molar-refractivity contribution in [2.45, 2.75) is 38.0 Å². The number of hydrogen-bond acceptors (Lipinski definition) is 6. The van der Waals surface area contributed by atoms with Gasteiger partial charge in [-0.05, 0) is 37.6 Å². The zero-order chi connectivity index (χ0) is 17.3. The predicted molar refractivity (Wildman–Crippen MR) is 93.0 cm³/mol. The molecule has 0 bridgehead atoms. The molecule has 2 aliphatic heterocycles. The minimum atomic E-state index is -0.0772. The Kier molecular flexibility index (Phi) is 4.20. The topological polar surface area (TPSA) is 74.3 Å². The van der Waals surface area contributed by atoms with Gasteiger partial charge in [-0.25, -0.2) is 4.98 Å². The summed E-state index contributed by atoms with van der Waals surface area (Å²) >= 11 is 0. The number of nitrogens with zero attached hydrogens (tertiary/aromatic N) is 3. The molecule has 1 N–H and O–H groups in total. The molecule has 4 rings (SSSR count). The van der Waals surface area contributed by atoms with Crippen molar-refractivity contribution in [2.24, 2.45) is 0 Å². The lowest BCUT2D eigenvalue weighted by molar-refractivity contribution is 0.0115. The Morgan fingerprint density at radius 1 is 1.40 bits per heavy atom. The van der Waals surface area contributed by atoms with Crippen LogP contribution in [0.15, 0.2) is 34.7 Å². The van der Waals surface area contributed by atoms with Crippen LogP contribution in [0.5, 0.6) is 0 Å². The molecule has 0 amide bonds. The van der Waals surface area contributed by atoms with Crippen molar-refractivity contribution in [2.75, 3.05) is 25.0 Å². The van der Waals surface area contributed by atoms with E-state index in [9.17, 15) is 0 Å².